The van der Waals surface area contributed by atoms with Gasteiger partial charge in [-0.15, -0.1) is 0 Å². The van der Waals surface area contributed by atoms with Gasteiger partial charge >= 0.3 is 0 Å². The Morgan fingerprint density at radius 1 is 0.246 bits per heavy atom. The van der Waals surface area contributed by atoms with Crippen molar-refractivity contribution in [2.24, 2.45) is 0 Å². The van der Waals surface area contributed by atoms with Gasteiger partial charge in [-0.25, -0.2) is 0 Å². The van der Waals surface area contributed by atoms with Crippen molar-refractivity contribution in [2.45, 2.75) is 0 Å². The molecule has 1 heterocycles. The first-order valence-electron chi connectivity index (χ1n) is 22.1. The molecule has 3 heteroatoms. The molecule has 0 spiro atoms. The minimum Gasteiger partial charge on any atom is -0.309 e. The van der Waals surface area contributed by atoms with Gasteiger partial charge in [-0.1, -0.05) is 182 Å². The number of ketones is 2. The highest BCUT2D eigenvalue weighted by Crippen LogP contribution is 2.47. The molecular weight excluding hydrogens is 791 g/mol. The standard InChI is InChI=1S/C62H37NO2/c64-61-52-19-9-7-17-47(52)49-22-11-21-46(59(49)61)43-27-32-45(54(37-43)51-24-12-23-50-48-18-8-10-20-53(48)62(65)60(50)51)40-25-30-44(31-26-40)63-57-33-28-41(38-13-3-1-4-14-38)35-55(57)56-36-42(29-34-58(56)63)39-15-5-2-6-16-39/h1-37H. The second kappa shape index (κ2) is 14.5. The Labute approximate surface area is 376 Å². The third-order valence-electron chi connectivity index (χ3n) is 13.5. The summed E-state index contributed by atoms with van der Waals surface area (Å²) in [6, 6.07) is 78.1. The van der Waals surface area contributed by atoms with Gasteiger partial charge in [0.25, 0.3) is 0 Å². The molecule has 0 radical (unpaired) electrons. The summed E-state index contributed by atoms with van der Waals surface area (Å²) in [5.74, 6) is 0.0672. The van der Waals surface area contributed by atoms with E-state index in [0.29, 0.717) is 5.56 Å². The monoisotopic (exact) mass is 827 g/mol. The van der Waals surface area contributed by atoms with Crippen LogP contribution in [0.4, 0.5) is 0 Å². The molecule has 0 aliphatic heterocycles. The molecule has 0 saturated heterocycles. The molecule has 13 rings (SSSR count). The van der Waals surface area contributed by atoms with Gasteiger partial charge in [0.2, 0.25) is 0 Å². The maximum Gasteiger partial charge on any atom is 0.194 e. The summed E-state index contributed by atoms with van der Waals surface area (Å²) in [5, 5.41) is 2.39. The quantitative estimate of drug-likeness (QED) is 0.167. The van der Waals surface area contributed by atoms with Crippen molar-refractivity contribution < 1.29 is 9.59 Å². The summed E-state index contributed by atoms with van der Waals surface area (Å²) in [6.45, 7) is 0. The molecule has 0 unspecified atom stereocenters. The van der Waals surface area contributed by atoms with Crippen LogP contribution in [0.5, 0.6) is 0 Å². The maximum absolute atomic E-state index is 14.4. The van der Waals surface area contributed by atoms with Gasteiger partial charge in [-0.05, 0) is 120 Å². The predicted molar refractivity (Wildman–Crippen MR) is 266 cm³/mol. The molecule has 0 amide bonds. The molecule has 2 aliphatic rings. The van der Waals surface area contributed by atoms with E-state index in [1.807, 2.05) is 66.7 Å². The van der Waals surface area contributed by atoms with Gasteiger partial charge in [-0.3, -0.25) is 9.59 Å². The van der Waals surface area contributed by atoms with E-state index >= 15 is 0 Å². The van der Waals surface area contributed by atoms with Crippen molar-refractivity contribution in [3.05, 3.63) is 247 Å². The minimum atomic E-state index is 0.0290. The molecule has 2 aliphatic carbocycles. The fourth-order valence-corrected chi connectivity index (χ4v) is 10.5. The van der Waals surface area contributed by atoms with Crippen LogP contribution in [-0.4, -0.2) is 16.1 Å². The highest BCUT2D eigenvalue weighted by atomic mass is 16.1. The van der Waals surface area contributed by atoms with Crippen LogP contribution in [0.15, 0.2) is 224 Å². The Kier molecular flexibility index (Phi) is 8.21. The predicted octanol–water partition coefficient (Wildman–Crippen LogP) is 15.5. The highest BCUT2D eigenvalue weighted by molar-refractivity contribution is 6.26. The van der Waals surface area contributed by atoms with Gasteiger partial charge in [0.1, 0.15) is 0 Å². The first-order chi connectivity index (χ1) is 32.1. The van der Waals surface area contributed by atoms with Crippen LogP contribution < -0.4 is 0 Å². The summed E-state index contributed by atoms with van der Waals surface area (Å²) in [5.41, 5.74) is 20.4. The number of nitrogens with zero attached hydrogens (tertiary/aromatic N) is 1. The number of carbonyl (C=O) groups excluding carboxylic acids is 2. The van der Waals surface area contributed by atoms with E-state index in [1.165, 1.54) is 33.0 Å². The summed E-state index contributed by atoms with van der Waals surface area (Å²) < 4.78 is 2.37. The number of rotatable bonds is 6. The topological polar surface area (TPSA) is 39.1 Å². The molecule has 65 heavy (non-hydrogen) atoms. The Hall–Kier alpha value is -8.66. The average molecular weight is 828 g/mol. The number of aromatic nitrogens is 1. The second-order valence-corrected chi connectivity index (χ2v) is 17.0. The van der Waals surface area contributed by atoms with Crippen molar-refractivity contribution in [3.63, 3.8) is 0 Å². The van der Waals surface area contributed by atoms with Crippen molar-refractivity contribution in [1.82, 2.24) is 4.57 Å². The lowest BCUT2D eigenvalue weighted by Crippen LogP contribution is -2.01. The summed E-state index contributed by atoms with van der Waals surface area (Å²) in [4.78, 5) is 28.4. The van der Waals surface area contributed by atoms with E-state index in [4.69, 9.17) is 0 Å². The summed E-state index contributed by atoms with van der Waals surface area (Å²) in [6.07, 6.45) is 0. The van der Waals surface area contributed by atoms with E-state index in [0.717, 1.165) is 89.0 Å². The van der Waals surface area contributed by atoms with E-state index < -0.39 is 0 Å². The molecule has 0 bridgehead atoms. The van der Waals surface area contributed by atoms with Gasteiger partial charge in [-0.2, -0.15) is 0 Å². The average Bonchev–Trinajstić information content (AvgIpc) is 3.98. The zero-order valence-corrected chi connectivity index (χ0v) is 35.1. The van der Waals surface area contributed by atoms with Crippen molar-refractivity contribution in [3.8, 4) is 83.6 Å². The molecule has 1 aromatic heterocycles. The lowest BCUT2D eigenvalue weighted by Gasteiger charge is -2.17. The van der Waals surface area contributed by atoms with E-state index in [9.17, 15) is 9.59 Å². The van der Waals surface area contributed by atoms with Gasteiger partial charge in [0.15, 0.2) is 11.6 Å². The number of carbonyl (C=O) groups is 2. The van der Waals surface area contributed by atoms with Crippen LogP contribution in [0, 0.1) is 0 Å². The van der Waals surface area contributed by atoms with E-state index in [2.05, 4.69) is 162 Å². The minimum absolute atomic E-state index is 0.0290. The first-order valence-corrected chi connectivity index (χ1v) is 22.1. The molecule has 0 N–H and O–H groups in total. The second-order valence-electron chi connectivity index (χ2n) is 17.0. The van der Waals surface area contributed by atoms with Crippen LogP contribution in [0.2, 0.25) is 0 Å². The fourth-order valence-electron chi connectivity index (χ4n) is 10.5. The van der Waals surface area contributed by atoms with Crippen LogP contribution >= 0.6 is 0 Å². The van der Waals surface area contributed by atoms with Crippen LogP contribution in [0.25, 0.3) is 105 Å². The Morgan fingerprint density at radius 2 is 0.662 bits per heavy atom. The number of hydrogen-bond donors (Lipinski definition) is 0. The van der Waals surface area contributed by atoms with Crippen LogP contribution in [0.3, 0.4) is 0 Å². The molecular formula is C62H37NO2. The molecule has 10 aromatic carbocycles. The molecule has 11 aromatic rings. The van der Waals surface area contributed by atoms with Gasteiger partial charge in [0.05, 0.1) is 11.0 Å². The Balaban J connectivity index is 0.981. The highest BCUT2D eigenvalue weighted by Gasteiger charge is 2.32. The normalized spacial score (nSPS) is 12.4. The van der Waals surface area contributed by atoms with E-state index in [-0.39, 0.29) is 11.6 Å². The molecule has 0 atom stereocenters. The first kappa shape index (κ1) is 36.9. The summed E-state index contributed by atoms with van der Waals surface area (Å²) >= 11 is 0. The molecule has 0 saturated carbocycles. The van der Waals surface area contributed by atoms with E-state index in [1.54, 1.807) is 0 Å². The Bertz CT molecular complexity index is 3690. The lowest BCUT2D eigenvalue weighted by molar-refractivity contribution is 0.103. The van der Waals surface area contributed by atoms with Gasteiger partial charge in [0, 0.05) is 38.7 Å². The van der Waals surface area contributed by atoms with Crippen molar-refractivity contribution >= 4 is 33.4 Å². The number of fused-ring (bicyclic) bond motifs is 9. The lowest BCUT2D eigenvalue weighted by atomic mass is 9.86. The smallest absolute Gasteiger partial charge is 0.194 e. The number of hydrogen-bond acceptors (Lipinski definition) is 2. The SMILES string of the molecule is O=C1c2ccccc2-c2cccc(-c3ccc(-c4ccc(-n5c6ccc(-c7ccccc7)cc6c6cc(-c7ccccc7)ccc65)cc4)c(-c4cccc5c4C(=O)c4ccccc4-5)c3)c21. The zero-order valence-electron chi connectivity index (χ0n) is 35.1. The molecule has 302 valence electrons. The van der Waals surface area contributed by atoms with Crippen molar-refractivity contribution in [1.29, 1.82) is 0 Å². The third-order valence-corrected chi connectivity index (χ3v) is 13.5. The third kappa shape index (κ3) is 5.69. The Morgan fingerprint density at radius 3 is 1.20 bits per heavy atom. The van der Waals surface area contributed by atoms with Gasteiger partial charge < -0.3 is 4.57 Å². The number of benzene rings is 10. The fraction of sp³-hybridized carbons (Fsp3) is 0. The van der Waals surface area contributed by atoms with Crippen LogP contribution in [0.1, 0.15) is 31.8 Å². The molecule has 3 nitrogen and oxygen atoms in total. The van der Waals surface area contributed by atoms with Crippen LogP contribution in [-0.2, 0) is 0 Å². The van der Waals surface area contributed by atoms with Crippen molar-refractivity contribution in [2.75, 3.05) is 0 Å². The maximum atomic E-state index is 14.4. The zero-order chi connectivity index (χ0) is 43.2. The summed E-state index contributed by atoms with van der Waals surface area (Å²) in [7, 11) is 0. The molecule has 0 fully saturated rings. The largest absolute Gasteiger partial charge is 0.309 e.